The molecule has 0 amide bonds. The van der Waals surface area contributed by atoms with E-state index in [0.717, 1.165) is 115 Å². The molecule has 1 N–H and O–H groups in total. The number of Topliss-reactive ketones (excluding diaryl/α,β-unsaturated/α-hetero) is 1. The molecule has 2 heterocycles. The van der Waals surface area contributed by atoms with E-state index in [1.807, 2.05) is 6.08 Å². The van der Waals surface area contributed by atoms with Crippen LogP contribution in [0, 0.1) is 0 Å². The number of nitrogens with one attached hydrogen (secondary N) is 1. The maximum atomic E-state index is 12.5. The van der Waals surface area contributed by atoms with E-state index in [1.54, 1.807) is 21.1 Å². The number of ether oxygens (including phenoxy) is 2. The molecule has 3 aromatic carbocycles. The summed E-state index contributed by atoms with van der Waals surface area (Å²) in [7, 11) is 3.41. The molecule has 2 aliphatic rings. The maximum Gasteiger partial charge on any atom is 0.163 e. The molecule has 3 aromatic rings. The molecule has 0 aromatic heterocycles. The standard InChI is InChI=1S/C47H59N3O3/c1-9-15-38-28-41(27-37(11-3)46(38)35(6)51)44-26-36(19-22-48-44)32-49-23-20-43(21-24-49)50(42-17-13-12-14-18-42)31-33(4)25-34(5)40-29-39(16-10-2)47(53-8)45(30-40)52-7/h11-14,17-19,22,25-30,43-44,48H,3-4,9-10,15-16,20-21,23-24,31-32H2,1-2,5-8H3/b34-25+. The zero-order chi connectivity index (χ0) is 37.9. The number of hydrogen-bond acceptors (Lipinski definition) is 6. The van der Waals surface area contributed by atoms with Gasteiger partial charge in [0.1, 0.15) is 0 Å². The molecule has 0 spiro atoms. The highest BCUT2D eigenvalue weighted by atomic mass is 16.5. The van der Waals surface area contributed by atoms with Gasteiger partial charge in [0, 0.05) is 43.5 Å². The topological polar surface area (TPSA) is 54.0 Å². The third-order valence-corrected chi connectivity index (χ3v) is 10.5. The summed E-state index contributed by atoms with van der Waals surface area (Å²) < 4.78 is 11.4. The minimum atomic E-state index is 0.0520. The lowest BCUT2D eigenvalue weighted by atomic mass is 9.89. The van der Waals surface area contributed by atoms with Gasteiger partial charge in [-0.2, -0.15) is 0 Å². The van der Waals surface area contributed by atoms with Crippen LogP contribution in [0.2, 0.25) is 0 Å². The molecule has 0 saturated carbocycles. The van der Waals surface area contributed by atoms with E-state index >= 15 is 0 Å². The molecule has 6 heteroatoms. The van der Waals surface area contributed by atoms with Crippen LogP contribution in [0.3, 0.4) is 0 Å². The lowest BCUT2D eigenvalue weighted by Crippen LogP contribution is -2.46. The van der Waals surface area contributed by atoms with Crippen molar-refractivity contribution in [2.75, 3.05) is 45.3 Å². The Hall–Kier alpha value is -4.81. The molecule has 6 nitrogen and oxygen atoms in total. The minimum Gasteiger partial charge on any atom is -0.493 e. The molecule has 1 fully saturated rings. The summed E-state index contributed by atoms with van der Waals surface area (Å²) in [5.41, 5.74) is 11.1. The minimum absolute atomic E-state index is 0.0520. The predicted octanol–water partition coefficient (Wildman–Crippen LogP) is 10.2. The van der Waals surface area contributed by atoms with Crippen LogP contribution in [0.15, 0.2) is 103 Å². The van der Waals surface area contributed by atoms with Crippen molar-refractivity contribution in [1.82, 2.24) is 10.2 Å². The highest BCUT2D eigenvalue weighted by Crippen LogP contribution is 2.36. The van der Waals surface area contributed by atoms with Gasteiger partial charge in [0.15, 0.2) is 17.3 Å². The smallest absolute Gasteiger partial charge is 0.163 e. The number of dihydropyridines is 1. The second-order valence-corrected chi connectivity index (χ2v) is 14.5. The summed E-state index contributed by atoms with van der Waals surface area (Å²) in [6.07, 6.45) is 16.6. The highest BCUT2D eigenvalue weighted by molar-refractivity contribution is 5.99. The molecule has 1 saturated heterocycles. The number of nitrogens with zero attached hydrogens (tertiary/aromatic N) is 2. The van der Waals surface area contributed by atoms with Crippen LogP contribution in [-0.4, -0.2) is 57.1 Å². The summed E-state index contributed by atoms with van der Waals surface area (Å²) in [4.78, 5) is 17.7. The molecule has 0 bridgehead atoms. The number of methoxy groups -OCH3 is 2. The Balaban J connectivity index is 1.28. The van der Waals surface area contributed by atoms with Crippen LogP contribution in [0.25, 0.3) is 11.6 Å². The van der Waals surface area contributed by atoms with Gasteiger partial charge in [-0.1, -0.05) is 82.3 Å². The van der Waals surface area contributed by atoms with Crippen LogP contribution in [0.5, 0.6) is 11.5 Å². The van der Waals surface area contributed by atoms with Crippen molar-refractivity contribution >= 4 is 23.1 Å². The number of likely N-dealkylation sites (tertiary alicyclic amines) is 1. The monoisotopic (exact) mass is 713 g/mol. The van der Waals surface area contributed by atoms with E-state index in [2.05, 4.69) is 128 Å². The fraction of sp³-hybridized carbons (Fsp3) is 0.383. The van der Waals surface area contributed by atoms with Gasteiger partial charge < -0.3 is 19.7 Å². The number of carbonyl (C=O) groups is 1. The largest absolute Gasteiger partial charge is 0.493 e. The molecule has 1 unspecified atom stereocenters. The van der Waals surface area contributed by atoms with E-state index < -0.39 is 0 Å². The van der Waals surface area contributed by atoms with Crippen LogP contribution in [0.1, 0.15) is 97.6 Å². The number of ketones is 1. The third-order valence-electron chi connectivity index (χ3n) is 10.5. The van der Waals surface area contributed by atoms with E-state index in [9.17, 15) is 4.79 Å². The molecule has 280 valence electrons. The second kappa shape index (κ2) is 18.8. The van der Waals surface area contributed by atoms with Gasteiger partial charge in [-0.25, -0.2) is 0 Å². The molecule has 2 aliphatic heterocycles. The average molecular weight is 714 g/mol. The first-order valence-corrected chi connectivity index (χ1v) is 19.3. The molecule has 0 radical (unpaired) electrons. The first-order chi connectivity index (χ1) is 25.7. The average Bonchev–Trinajstić information content (AvgIpc) is 3.17. The van der Waals surface area contributed by atoms with Crippen LogP contribution < -0.4 is 19.7 Å². The Morgan fingerprint density at radius 3 is 2.34 bits per heavy atom. The van der Waals surface area contributed by atoms with Crippen molar-refractivity contribution in [3.63, 3.8) is 0 Å². The van der Waals surface area contributed by atoms with Gasteiger partial charge in [0.25, 0.3) is 0 Å². The Morgan fingerprint density at radius 1 is 0.981 bits per heavy atom. The van der Waals surface area contributed by atoms with Crippen molar-refractivity contribution in [3.05, 3.63) is 137 Å². The highest BCUT2D eigenvalue weighted by Gasteiger charge is 2.26. The number of carbonyl (C=O) groups excluding carboxylic acids is 1. The van der Waals surface area contributed by atoms with E-state index in [1.165, 1.54) is 16.8 Å². The van der Waals surface area contributed by atoms with E-state index in [4.69, 9.17) is 9.47 Å². The van der Waals surface area contributed by atoms with Gasteiger partial charge in [-0.15, -0.1) is 0 Å². The Labute approximate surface area is 318 Å². The fourth-order valence-electron chi connectivity index (χ4n) is 7.94. The lowest BCUT2D eigenvalue weighted by molar-refractivity contribution is 0.101. The first kappa shape index (κ1) is 39.4. The zero-order valence-corrected chi connectivity index (χ0v) is 32.8. The van der Waals surface area contributed by atoms with Crippen LogP contribution >= 0.6 is 0 Å². The van der Waals surface area contributed by atoms with Gasteiger partial charge in [-0.3, -0.25) is 9.69 Å². The van der Waals surface area contributed by atoms with Gasteiger partial charge in [-0.05, 0) is 127 Å². The third kappa shape index (κ3) is 9.79. The van der Waals surface area contributed by atoms with Crippen molar-refractivity contribution < 1.29 is 14.3 Å². The first-order valence-electron chi connectivity index (χ1n) is 19.3. The number of allylic oxidation sites excluding steroid dienone is 1. The quantitative estimate of drug-likeness (QED) is 0.111. The maximum absolute atomic E-state index is 12.5. The van der Waals surface area contributed by atoms with Gasteiger partial charge >= 0.3 is 0 Å². The zero-order valence-electron chi connectivity index (χ0n) is 32.8. The summed E-state index contributed by atoms with van der Waals surface area (Å²) in [5.74, 6) is 1.69. The number of aryl methyl sites for hydroxylation is 2. The van der Waals surface area contributed by atoms with Crippen LogP contribution in [-0.2, 0) is 12.8 Å². The Morgan fingerprint density at radius 2 is 1.70 bits per heavy atom. The lowest BCUT2D eigenvalue weighted by Gasteiger charge is -2.40. The Bertz CT molecular complexity index is 1850. The predicted molar refractivity (Wildman–Crippen MR) is 223 cm³/mol. The number of benzene rings is 3. The number of hydrogen-bond donors (Lipinski definition) is 1. The van der Waals surface area contributed by atoms with Gasteiger partial charge in [0.05, 0.1) is 20.3 Å². The molecule has 0 aliphatic carbocycles. The summed E-state index contributed by atoms with van der Waals surface area (Å²) in [5, 5.41) is 3.55. The summed E-state index contributed by atoms with van der Waals surface area (Å²) in [6.45, 7) is 20.5. The molecular weight excluding hydrogens is 655 g/mol. The Kier molecular flexibility index (Phi) is 14.0. The van der Waals surface area contributed by atoms with E-state index in [-0.39, 0.29) is 11.8 Å². The number of piperidine rings is 1. The van der Waals surface area contributed by atoms with E-state index in [0.29, 0.717) is 6.04 Å². The number of para-hydroxylation sites is 1. The summed E-state index contributed by atoms with van der Waals surface area (Å²) in [6, 6.07) is 19.9. The van der Waals surface area contributed by atoms with Gasteiger partial charge in [0.2, 0.25) is 0 Å². The molecule has 1 atom stereocenters. The van der Waals surface area contributed by atoms with Crippen LogP contribution in [0.4, 0.5) is 5.69 Å². The van der Waals surface area contributed by atoms with Crippen molar-refractivity contribution in [1.29, 1.82) is 0 Å². The molecule has 53 heavy (non-hydrogen) atoms. The number of anilines is 1. The van der Waals surface area contributed by atoms with Crippen molar-refractivity contribution in [3.8, 4) is 11.5 Å². The van der Waals surface area contributed by atoms with Crippen molar-refractivity contribution in [2.24, 2.45) is 0 Å². The summed E-state index contributed by atoms with van der Waals surface area (Å²) >= 11 is 0. The molecule has 5 rings (SSSR count). The molecular formula is C47H59N3O3. The number of rotatable bonds is 17. The normalized spacial score (nSPS) is 16.5. The fourth-order valence-corrected chi connectivity index (χ4v) is 7.94. The SMILES string of the molecule is C=Cc1cc(C2C=C(CN3CCC(N(CC(=C)/C=C(\C)c4cc(CCC)c(OC)c(OC)c4)c4ccccc4)CC3)C=CN2)cc(CCC)c1C(C)=O. The van der Waals surface area contributed by atoms with Crippen molar-refractivity contribution in [2.45, 2.75) is 78.3 Å². The second-order valence-electron chi connectivity index (χ2n) is 14.5.